The van der Waals surface area contributed by atoms with Gasteiger partial charge in [0.15, 0.2) is 6.61 Å². The van der Waals surface area contributed by atoms with Gasteiger partial charge in [0, 0.05) is 10.6 Å². The fourth-order valence-electron chi connectivity index (χ4n) is 2.28. The third-order valence-corrected chi connectivity index (χ3v) is 4.42. The number of hydrazone groups is 1. The molecule has 26 heavy (non-hydrogen) atoms. The van der Waals surface area contributed by atoms with E-state index in [0.717, 1.165) is 11.1 Å². The number of hydrogen-bond acceptors (Lipinski definition) is 4. The summed E-state index contributed by atoms with van der Waals surface area (Å²) < 4.78 is 6.09. The Balaban J connectivity index is 1.97. The average molecular weight is 440 g/mol. The second-order valence-corrected chi connectivity index (χ2v) is 7.39. The molecule has 2 aromatic rings. The molecule has 2 aromatic carbocycles. The molecule has 0 fully saturated rings. The molecule has 0 aliphatic carbocycles. The van der Waals surface area contributed by atoms with E-state index in [-0.39, 0.29) is 18.3 Å². The van der Waals surface area contributed by atoms with Gasteiger partial charge in [0.1, 0.15) is 11.5 Å². The molecular weight excluding hydrogens is 420 g/mol. The van der Waals surface area contributed by atoms with Gasteiger partial charge in [0.2, 0.25) is 0 Å². The highest BCUT2D eigenvalue weighted by molar-refractivity contribution is 9.10. The van der Waals surface area contributed by atoms with E-state index in [0.29, 0.717) is 20.8 Å². The average Bonchev–Trinajstić information content (AvgIpc) is 2.57. The second-order valence-electron chi connectivity index (χ2n) is 6.10. The Morgan fingerprint density at radius 2 is 2.12 bits per heavy atom. The first-order valence-corrected chi connectivity index (χ1v) is 9.18. The Morgan fingerprint density at radius 1 is 1.38 bits per heavy atom. The largest absolute Gasteiger partial charge is 0.506 e. The van der Waals surface area contributed by atoms with E-state index in [1.807, 2.05) is 25.1 Å². The lowest BCUT2D eigenvalue weighted by Gasteiger charge is -2.14. The van der Waals surface area contributed by atoms with Crippen molar-refractivity contribution in [3.8, 4) is 11.5 Å². The number of nitrogens with zero attached hydrogens (tertiary/aromatic N) is 1. The molecule has 0 unspecified atom stereocenters. The molecule has 0 aromatic heterocycles. The number of aromatic hydroxyl groups is 1. The predicted octanol–water partition coefficient (Wildman–Crippen LogP) is 4.77. The SMILES string of the molecule is Cc1ccc(C(C)C)c(OCC(=O)NN=Cc2cc(Cl)cc(Br)c2O)c1. The molecule has 138 valence electrons. The molecular formula is C19H20BrClN2O3. The summed E-state index contributed by atoms with van der Waals surface area (Å²) in [6, 6.07) is 9.03. The van der Waals surface area contributed by atoms with Crippen molar-refractivity contribution in [2.75, 3.05) is 6.61 Å². The highest BCUT2D eigenvalue weighted by atomic mass is 79.9. The van der Waals surface area contributed by atoms with Gasteiger partial charge in [-0.2, -0.15) is 5.10 Å². The molecule has 0 atom stereocenters. The van der Waals surface area contributed by atoms with Crippen LogP contribution < -0.4 is 10.2 Å². The molecule has 0 bridgehead atoms. The van der Waals surface area contributed by atoms with Crippen molar-refractivity contribution >= 4 is 39.7 Å². The van der Waals surface area contributed by atoms with Gasteiger partial charge in [0.05, 0.1) is 10.7 Å². The van der Waals surface area contributed by atoms with Crippen molar-refractivity contribution in [1.29, 1.82) is 0 Å². The van der Waals surface area contributed by atoms with E-state index in [2.05, 4.69) is 40.3 Å². The van der Waals surface area contributed by atoms with E-state index < -0.39 is 5.91 Å². The van der Waals surface area contributed by atoms with Gasteiger partial charge in [-0.1, -0.05) is 37.6 Å². The van der Waals surface area contributed by atoms with Crippen LogP contribution in [0.1, 0.15) is 36.5 Å². The maximum absolute atomic E-state index is 11.9. The van der Waals surface area contributed by atoms with Gasteiger partial charge in [0.25, 0.3) is 5.91 Å². The lowest BCUT2D eigenvalue weighted by molar-refractivity contribution is -0.123. The van der Waals surface area contributed by atoms with Crippen molar-refractivity contribution in [1.82, 2.24) is 5.43 Å². The van der Waals surface area contributed by atoms with Crippen molar-refractivity contribution < 1.29 is 14.6 Å². The normalized spacial score (nSPS) is 11.2. The van der Waals surface area contributed by atoms with Crippen molar-refractivity contribution in [3.63, 3.8) is 0 Å². The van der Waals surface area contributed by atoms with Crippen LogP contribution in [0.2, 0.25) is 5.02 Å². The minimum absolute atomic E-state index is 0.00927. The zero-order valence-corrected chi connectivity index (χ0v) is 17.1. The monoisotopic (exact) mass is 438 g/mol. The van der Waals surface area contributed by atoms with Crippen molar-refractivity contribution in [2.45, 2.75) is 26.7 Å². The maximum atomic E-state index is 11.9. The molecule has 5 nitrogen and oxygen atoms in total. The predicted molar refractivity (Wildman–Crippen MR) is 107 cm³/mol. The molecule has 2 N–H and O–H groups in total. The Bertz CT molecular complexity index is 838. The fourth-order valence-corrected chi connectivity index (χ4v) is 3.11. The number of phenols is 1. The Morgan fingerprint density at radius 3 is 2.81 bits per heavy atom. The molecule has 0 spiro atoms. The van der Waals surface area contributed by atoms with Crippen LogP contribution in [0.3, 0.4) is 0 Å². The number of aryl methyl sites for hydroxylation is 1. The number of amides is 1. The van der Waals surface area contributed by atoms with Gasteiger partial charge in [-0.05, 0) is 58.1 Å². The van der Waals surface area contributed by atoms with Crippen LogP contribution in [0.4, 0.5) is 0 Å². The highest BCUT2D eigenvalue weighted by Gasteiger charge is 2.10. The van der Waals surface area contributed by atoms with Crippen LogP contribution in [-0.4, -0.2) is 23.8 Å². The standard InChI is InChI=1S/C19H20BrClN2O3/c1-11(2)15-5-4-12(3)6-17(15)26-10-18(24)23-22-9-13-7-14(21)8-16(20)19(13)25/h4-9,11,25H,10H2,1-3H3,(H,23,24). The molecule has 0 radical (unpaired) electrons. The molecule has 0 aliphatic heterocycles. The van der Waals surface area contributed by atoms with E-state index >= 15 is 0 Å². The lowest BCUT2D eigenvalue weighted by atomic mass is 10.0. The molecule has 0 saturated carbocycles. The number of ether oxygens (including phenoxy) is 1. The van der Waals surface area contributed by atoms with E-state index in [9.17, 15) is 9.90 Å². The topological polar surface area (TPSA) is 70.9 Å². The second kappa shape index (κ2) is 9.05. The number of benzene rings is 2. The first-order chi connectivity index (χ1) is 12.3. The smallest absolute Gasteiger partial charge is 0.277 e. The highest BCUT2D eigenvalue weighted by Crippen LogP contribution is 2.30. The number of carbonyl (C=O) groups excluding carboxylic acids is 1. The molecule has 0 aliphatic rings. The Labute approximate surface area is 166 Å². The summed E-state index contributed by atoms with van der Waals surface area (Å²) in [5.74, 6) is 0.564. The van der Waals surface area contributed by atoms with Gasteiger partial charge in [-0.15, -0.1) is 0 Å². The van der Waals surface area contributed by atoms with Crippen LogP contribution >= 0.6 is 27.5 Å². The molecule has 1 amide bonds. The zero-order chi connectivity index (χ0) is 19.3. The minimum atomic E-state index is -0.405. The quantitative estimate of drug-likeness (QED) is 0.503. The first kappa shape index (κ1) is 20.3. The van der Waals surface area contributed by atoms with Crippen LogP contribution in [0.25, 0.3) is 0 Å². The van der Waals surface area contributed by atoms with Crippen LogP contribution in [0, 0.1) is 6.92 Å². The minimum Gasteiger partial charge on any atom is -0.506 e. The summed E-state index contributed by atoms with van der Waals surface area (Å²) in [6.45, 7) is 5.94. The summed E-state index contributed by atoms with van der Waals surface area (Å²) in [4.78, 5) is 11.9. The van der Waals surface area contributed by atoms with E-state index in [1.165, 1.54) is 12.3 Å². The van der Waals surface area contributed by atoms with Crippen molar-refractivity contribution in [2.24, 2.45) is 5.10 Å². The van der Waals surface area contributed by atoms with Crippen LogP contribution in [0.15, 0.2) is 39.9 Å². The van der Waals surface area contributed by atoms with Gasteiger partial charge in [-0.3, -0.25) is 4.79 Å². The lowest BCUT2D eigenvalue weighted by Crippen LogP contribution is -2.25. The van der Waals surface area contributed by atoms with Gasteiger partial charge in [-0.25, -0.2) is 5.43 Å². The van der Waals surface area contributed by atoms with Crippen LogP contribution in [0.5, 0.6) is 11.5 Å². The fraction of sp³-hybridized carbons (Fsp3) is 0.263. The summed E-state index contributed by atoms with van der Waals surface area (Å²) in [5.41, 5.74) is 4.85. The van der Waals surface area contributed by atoms with Crippen LogP contribution in [-0.2, 0) is 4.79 Å². The third kappa shape index (κ3) is 5.47. The van der Waals surface area contributed by atoms with Gasteiger partial charge < -0.3 is 9.84 Å². The number of phenolic OH excluding ortho intramolecular Hbond substituents is 1. The first-order valence-electron chi connectivity index (χ1n) is 8.01. The molecule has 2 rings (SSSR count). The third-order valence-electron chi connectivity index (χ3n) is 3.60. The molecule has 7 heteroatoms. The number of rotatable bonds is 6. The number of carbonyl (C=O) groups is 1. The Kier molecular flexibility index (Phi) is 7.06. The van der Waals surface area contributed by atoms with Gasteiger partial charge >= 0.3 is 0 Å². The summed E-state index contributed by atoms with van der Waals surface area (Å²) in [5, 5.41) is 14.2. The number of hydrogen-bond donors (Lipinski definition) is 2. The molecule has 0 heterocycles. The summed E-state index contributed by atoms with van der Waals surface area (Å²) in [6.07, 6.45) is 1.32. The maximum Gasteiger partial charge on any atom is 0.277 e. The molecule has 0 saturated heterocycles. The Hall–Kier alpha value is -2.05. The number of nitrogens with one attached hydrogen (secondary N) is 1. The van der Waals surface area contributed by atoms with E-state index in [1.54, 1.807) is 6.07 Å². The number of halogens is 2. The summed E-state index contributed by atoms with van der Waals surface area (Å²) >= 11 is 9.11. The van der Waals surface area contributed by atoms with E-state index in [4.69, 9.17) is 16.3 Å². The van der Waals surface area contributed by atoms with Crippen molar-refractivity contribution in [3.05, 3.63) is 56.5 Å². The summed E-state index contributed by atoms with van der Waals surface area (Å²) in [7, 11) is 0. The zero-order valence-electron chi connectivity index (χ0n) is 14.7.